The van der Waals surface area contributed by atoms with Crippen LogP contribution in [0.2, 0.25) is 0 Å². The SMILES string of the molecule is Cc1cc(C)c(Oc2nc(Br)cs2)c([N+](=O)[O-])c1. The van der Waals surface area contributed by atoms with Gasteiger partial charge in [-0.15, -0.1) is 0 Å². The van der Waals surface area contributed by atoms with Gasteiger partial charge < -0.3 is 4.74 Å². The molecule has 0 fully saturated rings. The first kappa shape index (κ1) is 13.0. The van der Waals surface area contributed by atoms with E-state index in [4.69, 9.17) is 4.74 Å². The molecule has 0 saturated carbocycles. The van der Waals surface area contributed by atoms with E-state index in [2.05, 4.69) is 20.9 Å². The lowest BCUT2D eigenvalue weighted by Gasteiger charge is -2.07. The molecule has 0 aliphatic heterocycles. The maximum Gasteiger partial charge on any atom is 0.312 e. The van der Waals surface area contributed by atoms with E-state index < -0.39 is 4.92 Å². The maximum atomic E-state index is 11.0. The van der Waals surface area contributed by atoms with Crippen molar-refractivity contribution in [3.05, 3.63) is 43.4 Å². The van der Waals surface area contributed by atoms with Crippen LogP contribution in [0.4, 0.5) is 5.69 Å². The van der Waals surface area contributed by atoms with E-state index in [-0.39, 0.29) is 11.4 Å². The molecule has 0 spiro atoms. The molecule has 7 heteroatoms. The monoisotopic (exact) mass is 328 g/mol. The average molecular weight is 329 g/mol. The van der Waals surface area contributed by atoms with Gasteiger partial charge in [-0.3, -0.25) is 10.1 Å². The zero-order chi connectivity index (χ0) is 13.3. The summed E-state index contributed by atoms with van der Waals surface area (Å²) in [5.41, 5.74) is 1.50. The molecule has 18 heavy (non-hydrogen) atoms. The number of ether oxygens (including phenoxy) is 1. The summed E-state index contributed by atoms with van der Waals surface area (Å²) in [5, 5.41) is 13.1. The zero-order valence-electron chi connectivity index (χ0n) is 9.64. The van der Waals surface area contributed by atoms with Crippen molar-refractivity contribution in [3.8, 4) is 10.9 Å². The Kier molecular flexibility index (Phi) is 3.63. The van der Waals surface area contributed by atoms with Crippen LogP contribution >= 0.6 is 27.3 Å². The van der Waals surface area contributed by atoms with Crippen molar-refractivity contribution < 1.29 is 9.66 Å². The van der Waals surface area contributed by atoms with Crippen molar-refractivity contribution >= 4 is 33.0 Å². The molecule has 0 aliphatic rings. The minimum atomic E-state index is -0.446. The number of aromatic nitrogens is 1. The highest BCUT2D eigenvalue weighted by Crippen LogP contribution is 2.37. The number of nitro groups is 1. The van der Waals surface area contributed by atoms with Crippen LogP contribution in [0.3, 0.4) is 0 Å². The van der Waals surface area contributed by atoms with Crippen molar-refractivity contribution in [2.45, 2.75) is 13.8 Å². The highest BCUT2D eigenvalue weighted by atomic mass is 79.9. The third kappa shape index (κ3) is 2.68. The van der Waals surface area contributed by atoms with Crippen LogP contribution in [-0.4, -0.2) is 9.91 Å². The molecule has 0 bridgehead atoms. The van der Waals surface area contributed by atoms with Crippen molar-refractivity contribution in [3.63, 3.8) is 0 Å². The number of thiazole rings is 1. The number of hydrogen-bond acceptors (Lipinski definition) is 5. The zero-order valence-corrected chi connectivity index (χ0v) is 12.0. The molecule has 5 nitrogen and oxygen atoms in total. The predicted octanol–water partition coefficient (Wildman–Crippen LogP) is 4.22. The van der Waals surface area contributed by atoms with Gasteiger partial charge in [0.25, 0.3) is 5.19 Å². The van der Waals surface area contributed by atoms with Crippen LogP contribution in [0.5, 0.6) is 10.9 Å². The van der Waals surface area contributed by atoms with Gasteiger partial charge in [-0.2, -0.15) is 4.98 Å². The summed E-state index contributed by atoms with van der Waals surface area (Å²) in [6, 6.07) is 3.33. The summed E-state index contributed by atoms with van der Waals surface area (Å²) < 4.78 is 6.16. The highest BCUT2D eigenvalue weighted by Gasteiger charge is 2.20. The molecule has 1 aromatic heterocycles. The Morgan fingerprint density at radius 3 is 2.72 bits per heavy atom. The fraction of sp³-hybridized carbons (Fsp3) is 0.182. The summed E-state index contributed by atoms with van der Waals surface area (Å²) in [6.07, 6.45) is 0. The first-order valence-electron chi connectivity index (χ1n) is 5.02. The second-order valence-corrected chi connectivity index (χ2v) is 5.36. The lowest BCUT2D eigenvalue weighted by Crippen LogP contribution is -1.96. The predicted molar refractivity (Wildman–Crippen MR) is 72.5 cm³/mol. The number of nitrogens with zero attached hydrogens (tertiary/aromatic N) is 2. The van der Waals surface area contributed by atoms with E-state index in [1.165, 1.54) is 17.4 Å². The number of halogens is 1. The Labute approximate surface area is 116 Å². The Balaban J connectivity index is 2.46. The normalized spacial score (nSPS) is 10.4. The third-order valence-electron chi connectivity index (χ3n) is 2.24. The Morgan fingerprint density at radius 1 is 1.44 bits per heavy atom. The fourth-order valence-corrected chi connectivity index (χ4v) is 2.67. The summed E-state index contributed by atoms with van der Waals surface area (Å²) in [7, 11) is 0. The van der Waals surface area contributed by atoms with Gasteiger partial charge in [-0.1, -0.05) is 17.4 Å². The van der Waals surface area contributed by atoms with Gasteiger partial charge in [-0.25, -0.2) is 0 Å². The minimum Gasteiger partial charge on any atom is -0.423 e. The molecule has 0 aliphatic carbocycles. The standard InChI is InChI=1S/C11H9BrN2O3S/c1-6-3-7(2)10(8(4-6)14(15)16)17-11-13-9(12)5-18-11/h3-5H,1-2H3. The van der Waals surface area contributed by atoms with Gasteiger partial charge in [0.1, 0.15) is 4.60 Å². The van der Waals surface area contributed by atoms with Gasteiger partial charge in [-0.05, 0) is 40.9 Å². The molecule has 0 amide bonds. The number of benzene rings is 1. The molecule has 94 valence electrons. The molecule has 0 atom stereocenters. The molecule has 2 rings (SSSR count). The quantitative estimate of drug-likeness (QED) is 0.624. The maximum absolute atomic E-state index is 11.0. The van der Waals surface area contributed by atoms with Crippen LogP contribution in [0.15, 0.2) is 22.1 Å². The highest BCUT2D eigenvalue weighted by molar-refractivity contribution is 9.10. The van der Waals surface area contributed by atoms with E-state index in [0.29, 0.717) is 15.4 Å². The van der Waals surface area contributed by atoms with E-state index in [1.54, 1.807) is 12.3 Å². The molecular weight excluding hydrogens is 320 g/mol. The summed E-state index contributed by atoms with van der Waals surface area (Å²) in [6.45, 7) is 3.59. The summed E-state index contributed by atoms with van der Waals surface area (Å²) >= 11 is 4.48. The van der Waals surface area contributed by atoms with E-state index in [9.17, 15) is 10.1 Å². The van der Waals surface area contributed by atoms with Crippen LogP contribution in [0.25, 0.3) is 0 Å². The first-order chi connectivity index (χ1) is 8.47. The fourth-order valence-electron chi connectivity index (χ4n) is 1.57. The van der Waals surface area contributed by atoms with Crippen LogP contribution < -0.4 is 4.74 Å². The van der Waals surface area contributed by atoms with Crippen molar-refractivity contribution in [1.82, 2.24) is 4.98 Å². The van der Waals surface area contributed by atoms with Crippen LogP contribution in [-0.2, 0) is 0 Å². The average Bonchev–Trinajstić information content (AvgIpc) is 2.67. The molecule has 1 aromatic carbocycles. The number of rotatable bonds is 3. The van der Waals surface area contributed by atoms with Gasteiger partial charge in [0, 0.05) is 11.4 Å². The van der Waals surface area contributed by atoms with Gasteiger partial charge in [0.05, 0.1) is 4.92 Å². The molecule has 0 radical (unpaired) electrons. The topological polar surface area (TPSA) is 65.3 Å². The van der Waals surface area contributed by atoms with Crippen LogP contribution in [0, 0.1) is 24.0 Å². The Morgan fingerprint density at radius 2 is 2.17 bits per heavy atom. The largest absolute Gasteiger partial charge is 0.423 e. The van der Waals surface area contributed by atoms with Gasteiger partial charge in [0.2, 0.25) is 5.75 Å². The summed E-state index contributed by atoms with van der Waals surface area (Å²) in [4.78, 5) is 14.6. The molecule has 2 aromatic rings. The van der Waals surface area contributed by atoms with Crippen molar-refractivity contribution in [2.24, 2.45) is 0 Å². The second kappa shape index (κ2) is 5.03. The van der Waals surface area contributed by atoms with E-state index in [1.807, 2.05) is 13.0 Å². The third-order valence-corrected chi connectivity index (χ3v) is 3.67. The van der Waals surface area contributed by atoms with E-state index in [0.717, 1.165) is 5.56 Å². The van der Waals surface area contributed by atoms with Crippen molar-refractivity contribution in [2.75, 3.05) is 0 Å². The minimum absolute atomic E-state index is 0.0428. The summed E-state index contributed by atoms with van der Waals surface area (Å²) in [5.74, 6) is 0.243. The smallest absolute Gasteiger partial charge is 0.312 e. The Bertz CT molecular complexity index is 612. The molecule has 0 N–H and O–H groups in total. The van der Waals surface area contributed by atoms with Gasteiger partial charge in [0.15, 0.2) is 0 Å². The lowest BCUT2D eigenvalue weighted by molar-refractivity contribution is -0.385. The van der Waals surface area contributed by atoms with Gasteiger partial charge >= 0.3 is 5.69 Å². The molecular formula is C11H9BrN2O3S. The first-order valence-corrected chi connectivity index (χ1v) is 6.69. The number of nitro benzene ring substituents is 1. The Hall–Kier alpha value is -1.47. The van der Waals surface area contributed by atoms with Crippen molar-refractivity contribution in [1.29, 1.82) is 0 Å². The number of aryl methyl sites for hydroxylation is 2. The second-order valence-electron chi connectivity index (χ2n) is 3.73. The van der Waals surface area contributed by atoms with Crippen LogP contribution in [0.1, 0.15) is 11.1 Å². The molecule has 0 saturated heterocycles. The van der Waals surface area contributed by atoms with E-state index >= 15 is 0 Å². The molecule has 1 heterocycles. The molecule has 0 unspecified atom stereocenters. The lowest BCUT2D eigenvalue weighted by atomic mass is 10.1. The number of hydrogen-bond donors (Lipinski definition) is 0.